The van der Waals surface area contributed by atoms with Gasteiger partial charge in [-0.25, -0.2) is 0 Å². The number of Topliss-reactive ketones (excluding diaryl/α,β-unsaturated/α-hetero) is 1. The molecule has 3 heteroatoms. The Morgan fingerprint density at radius 1 is 1.11 bits per heavy atom. The molecule has 2 bridgehead atoms. The Labute approximate surface area is 164 Å². The van der Waals surface area contributed by atoms with Crippen LogP contribution in [0.3, 0.4) is 0 Å². The van der Waals surface area contributed by atoms with Crippen molar-refractivity contribution in [2.75, 3.05) is 0 Å². The zero-order valence-electron chi connectivity index (χ0n) is 17.6. The maximum absolute atomic E-state index is 12.5. The number of phenols is 2. The first-order valence-corrected chi connectivity index (χ1v) is 10.7. The first-order valence-electron chi connectivity index (χ1n) is 10.7. The van der Waals surface area contributed by atoms with E-state index in [0.717, 1.165) is 24.8 Å². The van der Waals surface area contributed by atoms with Crippen LogP contribution in [-0.2, 0) is 10.2 Å². The Bertz CT molecular complexity index is 693. The Morgan fingerprint density at radius 2 is 1.74 bits per heavy atom. The Kier molecular flexibility index (Phi) is 5.35. The fraction of sp³-hybridized carbons (Fsp3) is 0.708. The van der Waals surface area contributed by atoms with Crippen LogP contribution in [0.5, 0.6) is 11.5 Å². The summed E-state index contributed by atoms with van der Waals surface area (Å²) in [7, 11) is 0. The highest BCUT2D eigenvalue weighted by molar-refractivity contribution is 5.86. The summed E-state index contributed by atoms with van der Waals surface area (Å²) >= 11 is 0. The maximum atomic E-state index is 12.5. The first kappa shape index (κ1) is 20.2. The van der Waals surface area contributed by atoms with Gasteiger partial charge in [0, 0.05) is 23.8 Å². The highest BCUT2D eigenvalue weighted by Crippen LogP contribution is 2.64. The summed E-state index contributed by atoms with van der Waals surface area (Å²) in [4.78, 5) is 12.5. The molecule has 27 heavy (non-hydrogen) atoms. The number of unbranched alkanes of at least 4 members (excludes halogenated alkanes) is 3. The van der Waals surface area contributed by atoms with E-state index in [4.69, 9.17) is 0 Å². The number of aromatic hydroxyl groups is 2. The number of carbonyl (C=O) groups is 1. The maximum Gasteiger partial charge on any atom is 0.137 e. The van der Waals surface area contributed by atoms with Gasteiger partial charge in [0.15, 0.2) is 0 Å². The number of fused-ring (bicyclic) bond motifs is 2. The molecule has 0 aromatic heterocycles. The molecule has 0 amide bonds. The quantitative estimate of drug-likeness (QED) is 0.572. The van der Waals surface area contributed by atoms with Gasteiger partial charge in [-0.1, -0.05) is 60.3 Å². The SMILES string of the molecule is CCCCCCC(C)(C)c1cc(O)c([C@H]2CC(=O)C3CC2C3(C)C)c(O)c1. The summed E-state index contributed by atoms with van der Waals surface area (Å²) < 4.78 is 0. The first-order chi connectivity index (χ1) is 12.6. The molecule has 2 unspecified atom stereocenters. The Hall–Kier alpha value is -1.51. The Balaban J connectivity index is 1.84. The molecule has 1 aromatic rings. The van der Waals surface area contributed by atoms with Gasteiger partial charge in [0.1, 0.15) is 17.3 Å². The fourth-order valence-corrected chi connectivity index (χ4v) is 5.52. The van der Waals surface area contributed by atoms with Crippen LogP contribution < -0.4 is 0 Å². The number of phenolic OH excluding ortho intramolecular Hbond substituents is 2. The summed E-state index contributed by atoms with van der Waals surface area (Å²) in [5.74, 6) is 1.04. The third kappa shape index (κ3) is 3.50. The molecule has 0 aliphatic heterocycles. The van der Waals surface area contributed by atoms with E-state index in [1.54, 1.807) is 0 Å². The summed E-state index contributed by atoms with van der Waals surface area (Å²) in [6.45, 7) is 10.9. The van der Waals surface area contributed by atoms with Crippen LogP contribution in [0.15, 0.2) is 12.1 Å². The summed E-state index contributed by atoms with van der Waals surface area (Å²) in [6, 6.07) is 3.66. The van der Waals surface area contributed by atoms with Gasteiger partial charge in [-0.15, -0.1) is 0 Å². The van der Waals surface area contributed by atoms with Crippen LogP contribution in [0.25, 0.3) is 0 Å². The van der Waals surface area contributed by atoms with Crippen LogP contribution in [-0.4, -0.2) is 16.0 Å². The van der Waals surface area contributed by atoms with Crippen LogP contribution in [0.4, 0.5) is 0 Å². The predicted octanol–water partition coefficient (Wildman–Crippen LogP) is 6.06. The van der Waals surface area contributed by atoms with E-state index in [9.17, 15) is 15.0 Å². The van der Waals surface area contributed by atoms with Crippen molar-refractivity contribution in [3.05, 3.63) is 23.3 Å². The van der Waals surface area contributed by atoms with Gasteiger partial charge < -0.3 is 10.2 Å². The molecule has 1 aromatic carbocycles. The van der Waals surface area contributed by atoms with E-state index in [0.29, 0.717) is 17.9 Å². The van der Waals surface area contributed by atoms with Crippen molar-refractivity contribution in [2.45, 2.75) is 90.9 Å². The second-order valence-electron chi connectivity index (χ2n) is 10.1. The number of hydrogen-bond donors (Lipinski definition) is 2. The summed E-state index contributed by atoms with van der Waals surface area (Å²) in [5, 5.41) is 21.6. The van der Waals surface area contributed by atoms with E-state index in [2.05, 4.69) is 34.6 Å². The Morgan fingerprint density at radius 3 is 2.26 bits per heavy atom. The van der Waals surface area contributed by atoms with E-state index in [1.165, 1.54) is 19.3 Å². The molecule has 4 rings (SSSR count). The van der Waals surface area contributed by atoms with Crippen LogP contribution in [0, 0.1) is 17.3 Å². The van der Waals surface area contributed by atoms with Crippen LogP contribution in [0.1, 0.15) is 96.6 Å². The number of rotatable bonds is 7. The topological polar surface area (TPSA) is 57.5 Å². The predicted molar refractivity (Wildman–Crippen MR) is 109 cm³/mol. The molecule has 3 atom stereocenters. The van der Waals surface area contributed by atoms with Crippen molar-refractivity contribution in [1.29, 1.82) is 0 Å². The highest BCUT2D eigenvalue weighted by Gasteiger charge is 2.59. The van der Waals surface area contributed by atoms with Crippen molar-refractivity contribution in [3.63, 3.8) is 0 Å². The summed E-state index contributed by atoms with van der Waals surface area (Å²) in [6.07, 6.45) is 7.20. The third-order valence-electron chi connectivity index (χ3n) is 7.58. The van der Waals surface area contributed by atoms with Crippen molar-refractivity contribution < 1.29 is 15.0 Å². The van der Waals surface area contributed by atoms with Gasteiger partial charge in [0.25, 0.3) is 0 Å². The number of ketones is 1. The van der Waals surface area contributed by atoms with E-state index in [-0.39, 0.29) is 39.9 Å². The zero-order valence-corrected chi connectivity index (χ0v) is 17.6. The fourth-order valence-electron chi connectivity index (χ4n) is 5.52. The monoisotopic (exact) mass is 372 g/mol. The van der Waals surface area contributed by atoms with Crippen molar-refractivity contribution in [1.82, 2.24) is 0 Å². The lowest BCUT2D eigenvalue weighted by atomic mass is 9.44. The molecular weight excluding hydrogens is 336 g/mol. The van der Waals surface area contributed by atoms with Crippen molar-refractivity contribution in [3.8, 4) is 11.5 Å². The van der Waals surface area contributed by atoms with Crippen molar-refractivity contribution in [2.24, 2.45) is 17.3 Å². The molecule has 3 saturated carbocycles. The molecule has 0 heterocycles. The molecule has 0 saturated heterocycles. The normalized spacial score (nSPS) is 26.7. The van der Waals surface area contributed by atoms with Crippen LogP contribution >= 0.6 is 0 Å². The molecule has 3 aliphatic carbocycles. The zero-order chi connectivity index (χ0) is 20.0. The lowest BCUT2D eigenvalue weighted by molar-refractivity contribution is -0.151. The molecule has 0 spiro atoms. The molecule has 3 nitrogen and oxygen atoms in total. The third-order valence-corrected chi connectivity index (χ3v) is 7.58. The second-order valence-corrected chi connectivity index (χ2v) is 10.1. The minimum absolute atomic E-state index is 0.0316. The minimum atomic E-state index is -0.0928. The van der Waals surface area contributed by atoms with Gasteiger partial charge in [0.2, 0.25) is 0 Å². The number of carbonyl (C=O) groups excluding carboxylic acids is 1. The largest absolute Gasteiger partial charge is 0.508 e. The minimum Gasteiger partial charge on any atom is -0.508 e. The number of benzene rings is 1. The summed E-state index contributed by atoms with van der Waals surface area (Å²) in [5.41, 5.74) is 1.44. The smallest absolute Gasteiger partial charge is 0.137 e. The number of hydrogen-bond acceptors (Lipinski definition) is 3. The average Bonchev–Trinajstić information content (AvgIpc) is 2.57. The van der Waals surface area contributed by atoms with Gasteiger partial charge in [0.05, 0.1) is 0 Å². The molecule has 150 valence electrons. The van der Waals surface area contributed by atoms with Crippen molar-refractivity contribution >= 4 is 5.78 Å². The average molecular weight is 373 g/mol. The molecular formula is C24H36O3. The standard InChI is InChI=1S/C24H36O3/c1-6-7-8-9-10-23(2,3)15-11-20(26)22(21(27)12-15)16-13-19(25)18-14-17(16)24(18,4)5/h11-12,16-18,26-27H,6-10,13-14H2,1-5H3/t16-,17?,18?/m0/s1. The van der Waals surface area contributed by atoms with Gasteiger partial charge in [-0.05, 0) is 47.3 Å². The van der Waals surface area contributed by atoms with E-state index < -0.39 is 0 Å². The van der Waals surface area contributed by atoms with Crippen LogP contribution in [0.2, 0.25) is 0 Å². The molecule has 2 N–H and O–H groups in total. The molecule has 0 radical (unpaired) electrons. The van der Waals surface area contributed by atoms with Gasteiger partial charge >= 0.3 is 0 Å². The lowest BCUT2D eigenvalue weighted by Crippen LogP contribution is -2.56. The lowest BCUT2D eigenvalue weighted by Gasteiger charge is -2.59. The van der Waals surface area contributed by atoms with E-state index >= 15 is 0 Å². The van der Waals surface area contributed by atoms with E-state index in [1.807, 2.05) is 12.1 Å². The van der Waals surface area contributed by atoms with Gasteiger partial charge in [-0.3, -0.25) is 4.79 Å². The molecule has 3 aliphatic rings. The highest BCUT2D eigenvalue weighted by atomic mass is 16.3. The molecule has 3 fully saturated rings. The second kappa shape index (κ2) is 7.14. The van der Waals surface area contributed by atoms with Gasteiger partial charge in [-0.2, -0.15) is 0 Å².